The average Bonchev–Trinajstić information content (AvgIpc) is 3.12. The molecule has 0 aromatic carbocycles. The Bertz CT molecular complexity index is 348. The van der Waals surface area contributed by atoms with Gasteiger partial charge in [0.05, 0.1) is 11.9 Å². The lowest BCUT2D eigenvalue weighted by Gasteiger charge is -2.18. The van der Waals surface area contributed by atoms with E-state index in [1.54, 1.807) is 0 Å². The first-order valence-corrected chi connectivity index (χ1v) is 6.94. The number of H-pyrrole nitrogens is 1. The maximum absolute atomic E-state index is 4.51. The van der Waals surface area contributed by atoms with E-state index in [0.29, 0.717) is 0 Å². The van der Waals surface area contributed by atoms with E-state index in [2.05, 4.69) is 20.2 Å². The lowest BCUT2D eigenvalue weighted by molar-refractivity contribution is 0.675. The molecule has 4 heteroatoms. The van der Waals surface area contributed by atoms with Crippen molar-refractivity contribution in [2.24, 2.45) is 0 Å². The fourth-order valence-corrected chi connectivity index (χ4v) is 2.42. The van der Waals surface area contributed by atoms with E-state index in [0.717, 1.165) is 31.6 Å². The van der Waals surface area contributed by atoms with Crippen molar-refractivity contribution in [2.75, 3.05) is 18.0 Å². The molecule has 0 bridgehead atoms. The average molecular weight is 234 g/mol. The molecule has 94 valence electrons. The first-order chi connectivity index (χ1) is 8.42. The topological polar surface area (TPSA) is 44.0 Å². The second-order valence-corrected chi connectivity index (χ2v) is 5.29. The van der Waals surface area contributed by atoms with E-state index in [1.165, 1.54) is 44.2 Å². The third-order valence-electron chi connectivity index (χ3n) is 3.68. The van der Waals surface area contributed by atoms with Gasteiger partial charge in [0.1, 0.15) is 0 Å². The maximum Gasteiger partial charge on any atom is 0.202 e. The molecular weight excluding hydrogens is 212 g/mol. The van der Waals surface area contributed by atoms with Gasteiger partial charge in [-0.2, -0.15) is 0 Å². The van der Waals surface area contributed by atoms with Gasteiger partial charge in [-0.25, -0.2) is 4.98 Å². The SMILES string of the molecule is c1nc(N2CCCCCC2)[nH]c1CNC1CC1. The Labute approximate surface area is 103 Å². The zero-order valence-electron chi connectivity index (χ0n) is 10.4. The smallest absolute Gasteiger partial charge is 0.202 e. The van der Waals surface area contributed by atoms with Crippen LogP contribution < -0.4 is 10.2 Å². The number of aromatic nitrogens is 2. The van der Waals surface area contributed by atoms with Crippen LogP contribution in [0, 0.1) is 0 Å². The number of nitrogens with zero attached hydrogens (tertiary/aromatic N) is 2. The third kappa shape index (κ3) is 3.00. The molecule has 1 aromatic rings. The molecule has 2 N–H and O–H groups in total. The Morgan fingerprint density at radius 3 is 2.71 bits per heavy atom. The van der Waals surface area contributed by atoms with Crippen LogP contribution in [0.2, 0.25) is 0 Å². The Hall–Kier alpha value is -1.03. The summed E-state index contributed by atoms with van der Waals surface area (Å²) in [7, 11) is 0. The summed E-state index contributed by atoms with van der Waals surface area (Å²) in [5.41, 5.74) is 1.22. The number of hydrogen-bond donors (Lipinski definition) is 2. The Morgan fingerprint density at radius 2 is 2.00 bits per heavy atom. The van der Waals surface area contributed by atoms with Crippen LogP contribution in [0.5, 0.6) is 0 Å². The van der Waals surface area contributed by atoms with Gasteiger partial charge in [-0.3, -0.25) is 0 Å². The monoisotopic (exact) mass is 234 g/mol. The van der Waals surface area contributed by atoms with Gasteiger partial charge in [0.15, 0.2) is 0 Å². The van der Waals surface area contributed by atoms with E-state index in [1.807, 2.05) is 6.20 Å². The Balaban J connectivity index is 1.57. The zero-order chi connectivity index (χ0) is 11.5. The number of aromatic amines is 1. The minimum absolute atomic E-state index is 0.764. The van der Waals surface area contributed by atoms with Crippen molar-refractivity contribution < 1.29 is 0 Å². The van der Waals surface area contributed by atoms with Gasteiger partial charge < -0.3 is 15.2 Å². The third-order valence-corrected chi connectivity index (χ3v) is 3.68. The first-order valence-electron chi connectivity index (χ1n) is 6.94. The van der Waals surface area contributed by atoms with Crippen LogP contribution in [0.3, 0.4) is 0 Å². The second kappa shape index (κ2) is 5.08. The predicted octanol–water partition coefficient (Wildman–Crippen LogP) is 2.04. The number of anilines is 1. The van der Waals surface area contributed by atoms with E-state index < -0.39 is 0 Å². The molecular formula is C13H22N4. The van der Waals surface area contributed by atoms with Gasteiger partial charge in [-0.05, 0) is 25.7 Å². The second-order valence-electron chi connectivity index (χ2n) is 5.29. The summed E-state index contributed by atoms with van der Waals surface area (Å²) in [6.07, 6.45) is 10.0. The molecule has 1 aromatic heterocycles. The summed E-state index contributed by atoms with van der Waals surface area (Å²) in [5, 5.41) is 3.51. The van der Waals surface area contributed by atoms with Crippen LogP contribution in [0.4, 0.5) is 5.95 Å². The molecule has 0 atom stereocenters. The normalized spacial score (nSPS) is 21.5. The van der Waals surface area contributed by atoms with Crippen LogP contribution in [0.25, 0.3) is 0 Å². The minimum atomic E-state index is 0.764. The van der Waals surface area contributed by atoms with Crippen molar-refractivity contribution in [1.29, 1.82) is 0 Å². The number of imidazole rings is 1. The molecule has 2 aliphatic rings. The van der Waals surface area contributed by atoms with E-state index in [4.69, 9.17) is 0 Å². The summed E-state index contributed by atoms with van der Waals surface area (Å²) in [5.74, 6) is 1.07. The molecule has 1 aliphatic carbocycles. The molecule has 2 fully saturated rings. The molecule has 0 unspecified atom stereocenters. The standard InChI is InChI=1S/C13H22N4/c1-2-4-8-17(7-3-1)13-15-10-12(16-13)9-14-11-5-6-11/h10-11,14H,1-9H2,(H,15,16). The fourth-order valence-electron chi connectivity index (χ4n) is 2.42. The van der Waals surface area contributed by atoms with Crippen LogP contribution >= 0.6 is 0 Å². The highest BCUT2D eigenvalue weighted by Gasteiger charge is 2.20. The Morgan fingerprint density at radius 1 is 1.24 bits per heavy atom. The van der Waals surface area contributed by atoms with Crippen LogP contribution in [0.1, 0.15) is 44.2 Å². The fraction of sp³-hybridized carbons (Fsp3) is 0.769. The lowest BCUT2D eigenvalue weighted by Crippen LogP contribution is -2.25. The van der Waals surface area contributed by atoms with Crippen molar-refractivity contribution in [3.05, 3.63) is 11.9 Å². The van der Waals surface area contributed by atoms with Gasteiger partial charge in [0.25, 0.3) is 0 Å². The highest BCUT2D eigenvalue weighted by atomic mass is 15.3. The van der Waals surface area contributed by atoms with Crippen molar-refractivity contribution >= 4 is 5.95 Å². The zero-order valence-corrected chi connectivity index (χ0v) is 10.4. The highest BCUT2D eigenvalue weighted by molar-refractivity contribution is 5.31. The van der Waals surface area contributed by atoms with Gasteiger partial charge in [0.2, 0.25) is 5.95 Å². The minimum Gasteiger partial charge on any atom is -0.342 e. The van der Waals surface area contributed by atoms with Crippen molar-refractivity contribution in [3.63, 3.8) is 0 Å². The summed E-state index contributed by atoms with van der Waals surface area (Å²) < 4.78 is 0. The quantitative estimate of drug-likeness (QED) is 0.838. The van der Waals surface area contributed by atoms with Crippen molar-refractivity contribution in [2.45, 2.75) is 51.1 Å². The molecule has 4 nitrogen and oxygen atoms in total. The van der Waals surface area contributed by atoms with Gasteiger partial charge in [0, 0.05) is 25.7 Å². The molecule has 0 radical (unpaired) electrons. The number of nitrogens with one attached hydrogen (secondary N) is 2. The first kappa shape index (κ1) is 11.1. The summed E-state index contributed by atoms with van der Waals surface area (Å²) in [6.45, 7) is 3.25. The van der Waals surface area contributed by atoms with Gasteiger partial charge >= 0.3 is 0 Å². The predicted molar refractivity (Wildman–Crippen MR) is 69.1 cm³/mol. The molecule has 2 heterocycles. The van der Waals surface area contributed by atoms with Crippen LogP contribution in [-0.4, -0.2) is 29.1 Å². The molecule has 0 amide bonds. The lowest BCUT2D eigenvalue weighted by atomic mass is 10.2. The number of hydrogen-bond acceptors (Lipinski definition) is 3. The van der Waals surface area contributed by atoms with E-state index in [-0.39, 0.29) is 0 Å². The van der Waals surface area contributed by atoms with Gasteiger partial charge in [-0.15, -0.1) is 0 Å². The van der Waals surface area contributed by atoms with Crippen LogP contribution in [0.15, 0.2) is 6.20 Å². The largest absolute Gasteiger partial charge is 0.342 e. The van der Waals surface area contributed by atoms with Gasteiger partial charge in [-0.1, -0.05) is 12.8 Å². The van der Waals surface area contributed by atoms with Crippen molar-refractivity contribution in [1.82, 2.24) is 15.3 Å². The van der Waals surface area contributed by atoms with E-state index >= 15 is 0 Å². The molecule has 17 heavy (non-hydrogen) atoms. The molecule has 1 saturated heterocycles. The molecule has 0 spiro atoms. The maximum atomic E-state index is 4.51. The number of rotatable bonds is 4. The summed E-state index contributed by atoms with van der Waals surface area (Å²) in [4.78, 5) is 10.4. The van der Waals surface area contributed by atoms with Crippen LogP contribution in [-0.2, 0) is 6.54 Å². The van der Waals surface area contributed by atoms with Crippen molar-refractivity contribution in [3.8, 4) is 0 Å². The molecule has 1 saturated carbocycles. The molecule has 1 aliphatic heterocycles. The highest BCUT2D eigenvalue weighted by Crippen LogP contribution is 2.20. The van der Waals surface area contributed by atoms with E-state index in [9.17, 15) is 0 Å². The summed E-state index contributed by atoms with van der Waals surface area (Å²) >= 11 is 0. The Kier molecular flexibility index (Phi) is 3.31. The molecule has 3 rings (SSSR count). The summed E-state index contributed by atoms with van der Waals surface area (Å²) in [6, 6.07) is 0.764.